The molecule has 0 fully saturated rings. The number of thiophene rings is 1. The van der Waals surface area contributed by atoms with E-state index in [-0.39, 0.29) is 12.1 Å². The summed E-state index contributed by atoms with van der Waals surface area (Å²) in [5.74, 6) is 1.33. The van der Waals surface area contributed by atoms with Crippen molar-refractivity contribution in [2.24, 2.45) is 0 Å². The smallest absolute Gasteiger partial charge is 0.263 e. The molecule has 0 unspecified atom stereocenters. The zero-order valence-electron chi connectivity index (χ0n) is 16.5. The standard InChI is InChI=1S/C23H20N4O2S/c1-2-29-18-10-8-17(9-11-18)25-14-20-26-22-21(23(28)27(20)13-12-24)19(15-30-22)16-6-4-3-5-7-16/h3-11,15,25H,2,13-14H2,1H3. The Kier molecular flexibility index (Phi) is 5.77. The molecule has 4 aromatic rings. The van der Waals surface area contributed by atoms with Gasteiger partial charge in [-0.2, -0.15) is 5.26 Å². The average molecular weight is 417 g/mol. The normalized spacial score (nSPS) is 10.7. The molecule has 2 aromatic carbocycles. The van der Waals surface area contributed by atoms with Crippen molar-refractivity contribution < 1.29 is 4.74 Å². The monoisotopic (exact) mass is 416 g/mol. The second-order valence-electron chi connectivity index (χ2n) is 6.58. The van der Waals surface area contributed by atoms with Crippen LogP contribution in [0.25, 0.3) is 21.3 Å². The van der Waals surface area contributed by atoms with Gasteiger partial charge in [-0.1, -0.05) is 30.3 Å². The largest absolute Gasteiger partial charge is 0.494 e. The van der Waals surface area contributed by atoms with Gasteiger partial charge in [0.25, 0.3) is 5.56 Å². The van der Waals surface area contributed by atoms with Crippen LogP contribution in [0.2, 0.25) is 0 Å². The van der Waals surface area contributed by atoms with Gasteiger partial charge in [-0.3, -0.25) is 9.36 Å². The van der Waals surface area contributed by atoms with Crippen molar-refractivity contribution in [2.75, 3.05) is 11.9 Å². The van der Waals surface area contributed by atoms with Crippen molar-refractivity contribution in [2.45, 2.75) is 20.0 Å². The minimum Gasteiger partial charge on any atom is -0.494 e. The number of anilines is 1. The zero-order chi connectivity index (χ0) is 20.9. The summed E-state index contributed by atoms with van der Waals surface area (Å²) < 4.78 is 6.90. The molecular weight excluding hydrogens is 396 g/mol. The molecule has 0 atom stereocenters. The summed E-state index contributed by atoms with van der Waals surface area (Å²) in [5.41, 5.74) is 2.51. The second kappa shape index (κ2) is 8.80. The second-order valence-corrected chi connectivity index (χ2v) is 7.44. The van der Waals surface area contributed by atoms with E-state index in [0.717, 1.165) is 22.6 Å². The lowest BCUT2D eigenvalue weighted by Gasteiger charge is -2.12. The van der Waals surface area contributed by atoms with Gasteiger partial charge in [0.2, 0.25) is 0 Å². The molecule has 0 radical (unpaired) electrons. The van der Waals surface area contributed by atoms with Crippen LogP contribution >= 0.6 is 11.3 Å². The quantitative estimate of drug-likeness (QED) is 0.474. The molecule has 0 bridgehead atoms. The topological polar surface area (TPSA) is 79.9 Å². The van der Waals surface area contributed by atoms with Gasteiger partial charge in [-0.05, 0) is 36.8 Å². The molecule has 150 valence electrons. The molecule has 0 spiro atoms. The van der Waals surface area contributed by atoms with Crippen LogP contribution in [0, 0.1) is 11.3 Å². The number of ether oxygens (including phenoxy) is 1. The lowest BCUT2D eigenvalue weighted by atomic mass is 10.1. The molecule has 0 aliphatic carbocycles. The minimum absolute atomic E-state index is 0.0495. The minimum atomic E-state index is -0.190. The zero-order valence-corrected chi connectivity index (χ0v) is 17.3. The van der Waals surface area contributed by atoms with Crippen LogP contribution in [0.3, 0.4) is 0 Å². The number of rotatable bonds is 7. The molecule has 0 saturated heterocycles. The van der Waals surface area contributed by atoms with E-state index in [2.05, 4.69) is 11.4 Å². The van der Waals surface area contributed by atoms with Crippen LogP contribution in [0.15, 0.2) is 64.8 Å². The summed E-state index contributed by atoms with van der Waals surface area (Å²) in [6, 6.07) is 19.4. The lowest BCUT2D eigenvalue weighted by molar-refractivity contribution is 0.340. The van der Waals surface area contributed by atoms with Gasteiger partial charge in [0.05, 0.1) is 24.6 Å². The van der Waals surface area contributed by atoms with E-state index in [1.165, 1.54) is 15.9 Å². The SMILES string of the molecule is CCOc1ccc(NCc2nc3scc(-c4ccccc4)c3c(=O)n2CC#N)cc1. The molecule has 6 nitrogen and oxygen atoms in total. The fourth-order valence-corrected chi connectivity index (χ4v) is 4.24. The Labute approximate surface area is 178 Å². The highest BCUT2D eigenvalue weighted by molar-refractivity contribution is 7.17. The average Bonchev–Trinajstić information content (AvgIpc) is 3.20. The van der Waals surface area contributed by atoms with Crippen molar-refractivity contribution >= 4 is 27.2 Å². The van der Waals surface area contributed by atoms with E-state index < -0.39 is 0 Å². The molecule has 1 N–H and O–H groups in total. The van der Waals surface area contributed by atoms with Gasteiger partial charge in [-0.15, -0.1) is 11.3 Å². The first kappa shape index (κ1) is 19.7. The van der Waals surface area contributed by atoms with Crippen molar-refractivity contribution in [3.63, 3.8) is 0 Å². The first-order valence-corrected chi connectivity index (χ1v) is 10.5. The fraction of sp³-hybridized carbons (Fsp3) is 0.174. The Bertz CT molecular complexity index is 1250. The molecule has 0 saturated carbocycles. The highest BCUT2D eigenvalue weighted by Crippen LogP contribution is 2.31. The fourth-order valence-electron chi connectivity index (χ4n) is 3.28. The lowest BCUT2D eigenvalue weighted by Crippen LogP contribution is -2.26. The maximum atomic E-state index is 13.3. The summed E-state index contributed by atoms with van der Waals surface area (Å²) in [5, 5.41) is 15.1. The van der Waals surface area contributed by atoms with E-state index >= 15 is 0 Å². The number of fused-ring (bicyclic) bond motifs is 1. The Hall–Kier alpha value is -3.63. The van der Waals surface area contributed by atoms with Crippen LogP contribution in [0.1, 0.15) is 12.7 Å². The number of nitrogens with zero attached hydrogens (tertiary/aromatic N) is 3. The van der Waals surface area contributed by atoms with Crippen molar-refractivity contribution in [1.29, 1.82) is 5.26 Å². The maximum absolute atomic E-state index is 13.3. The molecule has 0 aliphatic rings. The van der Waals surface area contributed by atoms with Gasteiger partial charge in [0.1, 0.15) is 22.9 Å². The van der Waals surface area contributed by atoms with Crippen LogP contribution in [-0.4, -0.2) is 16.2 Å². The molecular formula is C23H20N4O2S. The van der Waals surface area contributed by atoms with Gasteiger partial charge >= 0.3 is 0 Å². The Morgan fingerprint density at radius 2 is 1.93 bits per heavy atom. The van der Waals surface area contributed by atoms with E-state index in [0.29, 0.717) is 29.2 Å². The number of nitriles is 1. The Morgan fingerprint density at radius 3 is 2.63 bits per heavy atom. The van der Waals surface area contributed by atoms with Gasteiger partial charge < -0.3 is 10.1 Å². The summed E-state index contributed by atoms with van der Waals surface area (Å²) in [4.78, 5) is 18.6. The van der Waals surface area contributed by atoms with Crippen molar-refractivity contribution in [1.82, 2.24) is 9.55 Å². The maximum Gasteiger partial charge on any atom is 0.263 e. The predicted molar refractivity (Wildman–Crippen MR) is 120 cm³/mol. The third-order valence-electron chi connectivity index (χ3n) is 4.70. The molecule has 7 heteroatoms. The first-order chi connectivity index (χ1) is 14.7. The van der Waals surface area contributed by atoms with Gasteiger partial charge in [0.15, 0.2) is 0 Å². The number of hydrogen-bond acceptors (Lipinski definition) is 6. The van der Waals surface area contributed by atoms with Gasteiger partial charge in [0, 0.05) is 16.6 Å². The predicted octanol–water partition coefficient (Wildman–Crippen LogP) is 4.66. The summed E-state index contributed by atoms with van der Waals surface area (Å²) in [6.07, 6.45) is 0. The number of benzene rings is 2. The summed E-state index contributed by atoms with van der Waals surface area (Å²) >= 11 is 1.44. The first-order valence-electron chi connectivity index (χ1n) is 9.61. The number of nitrogens with one attached hydrogen (secondary N) is 1. The highest BCUT2D eigenvalue weighted by Gasteiger charge is 2.17. The van der Waals surface area contributed by atoms with Crippen LogP contribution < -0.4 is 15.6 Å². The molecule has 2 aromatic heterocycles. The highest BCUT2D eigenvalue weighted by atomic mass is 32.1. The number of hydrogen-bond donors (Lipinski definition) is 1. The van der Waals surface area contributed by atoms with Crippen LogP contribution in [-0.2, 0) is 13.1 Å². The summed E-state index contributed by atoms with van der Waals surface area (Å²) in [7, 11) is 0. The van der Waals surface area contributed by atoms with E-state index in [9.17, 15) is 10.1 Å². The van der Waals surface area contributed by atoms with E-state index in [1.54, 1.807) is 0 Å². The third kappa shape index (κ3) is 3.91. The van der Waals surface area contributed by atoms with E-state index in [4.69, 9.17) is 9.72 Å². The third-order valence-corrected chi connectivity index (χ3v) is 5.57. The van der Waals surface area contributed by atoms with Crippen molar-refractivity contribution in [3.8, 4) is 22.9 Å². The molecule has 0 aliphatic heterocycles. The molecule has 0 amide bonds. The molecule has 4 rings (SSSR count). The Morgan fingerprint density at radius 1 is 1.17 bits per heavy atom. The molecule has 30 heavy (non-hydrogen) atoms. The molecule has 2 heterocycles. The van der Waals surface area contributed by atoms with Gasteiger partial charge in [-0.25, -0.2) is 4.98 Å². The van der Waals surface area contributed by atoms with Crippen LogP contribution in [0.4, 0.5) is 5.69 Å². The Balaban J connectivity index is 1.69. The van der Waals surface area contributed by atoms with Crippen molar-refractivity contribution in [3.05, 3.63) is 76.2 Å². The summed E-state index contributed by atoms with van der Waals surface area (Å²) in [6.45, 7) is 2.84. The van der Waals surface area contributed by atoms with Crippen LogP contribution in [0.5, 0.6) is 5.75 Å². The number of aromatic nitrogens is 2. The van der Waals surface area contributed by atoms with E-state index in [1.807, 2.05) is 66.9 Å².